The Hall–Kier alpha value is -2.21. The van der Waals surface area contributed by atoms with Gasteiger partial charge in [0.1, 0.15) is 6.10 Å². The minimum absolute atomic E-state index is 0.0110. The van der Waals surface area contributed by atoms with Gasteiger partial charge < -0.3 is 20.3 Å². The summed E-state index contributed by atoms with van der Waals surface area (Å²) in [7, 11) is 0. The van der Waals surface area contributed by atoms with E-state index in [-0.39, 0.29) is 36.2 Å². The molecule has 5 heteroatoms. The lowest BCUT2D eigenvalue weighted by Gasteiger charge is -2.39. The van der Waals surface area contributed by atoms with E-state index in [1.54, 1.807) is 6.08 Å². The monoisotopic (exact) mass is 455 g/mol. The van der Waals surface area contributed by atoms with Gasteiger partial charge in [-0.3, -0.25) is 0 Å². The minimum atomic E-state index is -0.686. The number of nitrogens with two attached hydrogens (primary N) is 1. The van der Waals surface area contributed by atoms with Crippen molar-refractivity contribution in [3.63, 3.8) is 0 Å². The summed E-state index contributed by atoms with van der Waals surface area (Å²) in [6.07, 6.45) is 20.3. The first kappa shape index (κ1) is 27.0. The molecule has 1 fully saturated rings. The third-order valence-corrected chi connectivity index (χ3v) is 6.14. The van der Waals surface area contributed by atoms with Crippen LogP contribution in [0.15, 0.2) is 71.9 Å². The maximum absolute atomic E-state index is 11.3. The fraction of sp³-hybridized carbons (Fsp3) is 0.536. The summed E-state index contributed by atoms with van der Waals surface area (Å²) in [5.41, 5.74) is 8.64. The molecule has 33 heavy (non-hydrogen) atoms. The average molecular weight is 456 g/mol. The fourth-order valence-corrected chi connectivity index (χ4v) is 4.25. The first-order valence-corrected chi connectivity index (χ1v) is 12.0. The summed E-state index contributed by atoms with van der Waals surface area (Å²) in [4.78, 5) is 11.3. The van der Waals surface area contributed by atoms with Crippen molar-refractivity contribution < 1.29 is 19.4 Å². The van der Waals surface area contributed by atoms with E-state index in [1.165, 1.54) is 11.6 Å². The van der Waals surface area contributed by atoms with E-state index in [0.717, 1.165) is 18.4 Å². The third kappa shape index (κ3) is 9.28. The molecule has 2 rings (SSSR count). The molecule has 1 saturated heterocycles. The summed E-state index contributed by atoms with van der Waals surface area (Å²) in [6, 6.07) is 0.0110. The molecular weight excluding hydrogens is 414 g/mol. The van der Waals surface area contributed by atoms with Gasteiger partial charge in [0.25, 0.3) is 0 Å². The molecule has 7 atom stereocenters. The van der Waals surface area contributed by atoms with Gasteiger partial charge in [-0.25, -0.2) is 4.79 Å². The molecule has 2 heterocycles. The van der Waals surface area contributed by atoms with Crippen LogP contribution in [0.25, 0.3) is 0 Å². The van der Waals surface area contributed by atoms with Crippen molar-refractivity contribution in [3.8, 4) is 0 Å². The topological polar surface area (TPSA) is 81.8 Å². The van der Waals surface area contributed by atoms with E-state index in [9.17, 15) is 9.90 Å². The summed E-state index contributed by atoms with van der Waals surface area (Å²) < 4.78 is 11.3. The van der Waals surface area contributed by atoms with E-state index < -0.39 is 6.10 Å². The highest BCUT2D eigenvalue weighted by Crippen LogP contribution is 2.27. The maximum atomic E-state index is 11.3. The highest BCUT2D eigenvalue weighted by molar-refractivity contribution is 5.82. The van der Waals surface area contributed by atoms with Crippen LogP contribution >= 0.6 is 0 Å². The van der Waals surface area contributed by atoms with Gasteiger partial charge in [0.2, 0.25) is 0 Å². The van der Waals surface area contributed by atoms with E-state index in [0.29, 0.717) is 12.3 Å². The number of rotatable bonds is 9. The first-order valence-electron chi connectivity index (χ1n) is 12.0. The van der Waals surface area contributed by atoms with Crippen molar-refractivity contribution in [2.75, 3.05) is 0 Å². The fourth-order valence-electron chi connectivity index (χ4n) is 4.25. The van der Waals surface area contributed by atoms with Crippen LogP contribution in [-0.4, -0.2) is 41.5 Å². The van der Waals surface area contributed by atoms with Gasteiger partial charge in [-0.2, -0.15) is 0 Å². The van der Waals surface area contributed by atoms with Crippen molar-refractivity contribution in [2.24, 2.45) is 17.6 Å². The summed E-state index contributed by atoms with van der Waals surface area (Å²) in [5.74, 6) is 0.314. The van der Waals surface area contributed by atoms with Crippen molar-refractivity contribution in [1.29, 1.82) is 0 Å². The second kappa shape index (κ2) is 13.5. The Morgan fingerprint density at radius 3 is 2.79 bits per heavy atom. The smallest absolute Gasteiger partial charge is 0.331 e. The van der Waals surface area contributed by atoms with Crippen LogP contribution in [0.2, 0.25) is 0 Å². The number of carbonyl (C=O) groups excluding carboxylic acids is 1. The Bertz CT molecular complexity index is 820. The Morgan fingerprint density at radius 1 is 1.33 bits per heavy atom. The molecule has 0 aromatic rings. The Balaban J connectivity index is 1.85. The molecule has 0 aromatic carbocycles. The zero-order valence-electron chi connectivity index (χ0n) is 20.7. The summed E-state index contributed by atoms with van der Waals surface area (Å²) in [6.45, 7) is 10.4. The van der Waals surface area contributed by atoms with Crippen molar-refractivity contribution >= 4 is 5.97 Å². The normalized spacial score (nSPS) is 31.5. The molecule has 0 aliphatic carbocycles. The molecule has 0 saturated carbocycles. The van der Waals surface area contributed by atoms with Crippen molar-refractivity contribution in [2.45, 2.75) is 84.3 Å². The number of carbonyl (C=O) groups is 1. The SMILES string of the molecule is C/C=C/[C@@H]1O[C@H](C(O)/C=C/C=C(\C)CC(C)/C=C(C)\C=C\[C@H]2CC=CC(=O)O2)CC(N)C1C. The third-order valence-electron chi connectivity index (χ3n) is 6.14. The van der Waals surface area contributed by atoms with Gasteiger partial charge >= 0.3 is 5.97 Å². The Morgan fingerprint density at radius 2 is 2.09 bits per heavy atom. The van der Waals surface area contributed by atoms with Crippen LogP contribution in [0.5, 0.6) is 0 Å². The second-order valence-electron chi connectivity index (χ2n) is 9.38. The Labute approximate surface area is 199 Å². The first-order chi connectivity index (χ1) is 15.7. The average Bonchev–Trinajstić information content (AvgIpc) is 2.75. The number of allylic oxidation sites excluding steroid dienone is 7. The minimum Gasteiger partial charge on any atom is -0.455 e. The van der Waals surface area contributed by atoms with Crippen LogP contribution in [0.4, 0.5) is 0 Å². The number of ether oxygens (including phenoxy) is 2. The van der Waals surface area contributed by atoms with Crippen LogP contribution < -0.4 is 5.73 Å². The zero-order valence-corrected chi connectivity index (χ0v) is 20.7. The predicted octanol–water partition coefficient (Wildman–Crippen LogP) is 4.95. The predicted molar refractivity (Wildman–Crippen MR) is 134 cm³/mol. The molecule has 0 amide bonds. The van der Waals surface area contributed by atoms with Gasteiger partial charge in [0.15, 0.2) is 0 Å². The van der Waals surface area contributed by atoms with E-state index in [4.69, 9.17) is 15.2 Å². The zero-order chi connectivity index (χ0) is 24.4. The van der Waals surface area contributed by atoms with Crippen LogP contribution in [0, 0.1) is 11.8 Å². The van der Waals surface area contributed by atoms with Gasteiger partial charge in [0, 0.05) is 24.5 Å². The standard InChI is InChI=1S/C28H41NO4/c1-6-9-26-22(5)24(29)18-27(33-26)25(30)12-7-10-19(2)16-21(4)17-20(3)14-15-23-11-8-13-28(31)32-23/h6-10,12-15,17,21-27,30H,11,16,18,29H2,1-5H3/b9-6+,12-7+,15-14+,19-10+,20-17-/t21?,22?,23-,24?,25?,26+,27+/m1/s1. The molecule has 0 aromatic heterocycles. The molecule has 3 N–H and O–H groups in total. The second-order valence-corrected chi connectivity index (χ2v) is 9.38. The lowest BCUT2D eigenvalue weighted by molar-refractivity contribution is -0.141. The number of hydrogen-bond acceptors (Lipinski definition) is 5. The van der Waals surface area contributed by atoms with Gasteiger partial charge in [-0.05, 0) is 45.6 Å². The molecule has 2 aliphatic heterocycles. The number of aliphatic hydroxyl groups is 1. The summed E-state index contributed by atoms with van der Waals surface area (Å²) in [5, 5.41) is 10.6. The van der Waals surface area contributed by atoms with Crippen molar-refractivity contribution in [1.82, 2.24) is 0 Å². The van der Waals surface area contributed by atoms with Crippen LogP contribution in [0.1, 0.15) is 53.9 Å². The number of hydrogen-bond donors (Lipinski definition) is 2. The molecular formula is C28H41NO4. The maximum Gasteiger partial charge on any atom is 0.331 e. The molecule has 5 nitrogen and oxygen atoms in total. The van der Waals surface area contributed by atoms with Gasteiger partial charge in [0.05, 0.1) is 18.3 Å². The quantitative estimate of drug-likeness (QED) is 0.292. The molecule has 0 bridgehead atoms. The molecule has 0 radical (unpaired) electrons. The number of esters is 1. The van der Waals surface area contributed by atoms with Gasteiger partial charge in [-0.15, -0.1) is 0 Å². The highest BCUT2D eigenvalue weighted by Gasteiger charge is 2.35. The summed E-state index contributed by atoms with van der Waals surface area (Å²) >= 11 is 0. The highest BCUT2D eigenvalue weighted by atomic mass is 16.5. The Kier molecular flexibility index (Phi) is 11.0. The lowest BCUT2D eigenvalue weighted by atomic mass is 9.87. The van der Waals surface area contributed by atoms with E-state index >= 15 is 0 Å². The molecule has 2 aliphatic rings. The number of cyclic esters (lactones) is 1. The van der Waals surface area contributed by atoms with Gasteiger partial charge in [-0.1, -0.05) is 73.6 Å². The van der Waals surface area contributed by atoms with E-state index in [1.807, 2.05) is 49.5 Å². The lowest BCUT2D eigenvalue weighted by Crippen LogP contribution is -2.49. The van der Waals surface area contributed by atoms with Crippen molar-refractivity contribution in [3.05, 3.63) is 71.9 Å². The van der Waals surface area contributed by atoms with Crippen LogP contribution in [-0.2, 0) is 14.3 Å². The molecule has 182 valence electrons. The largest absolute Gasteiger partial charge is 0.455 e. The molecule has 0 spiro atoms. The number of aliphatic hydroxyl groups excluding tert-OH is 1. The molecule has 4 unspecified atom stereocenters. The van der Waals surface area contributed by atoms with Crippen LogP contribution in [0.3, 0.4) is 0 Å². The van der Waals surface area contributed by atoms with E-state index in [2.05, 4.69) is 33.8 Å².